The number of benzene rings is 2. The van der Waals surface area contributed by atoms with Crippen LogP contribution in [0.4, 0.5) is 22.7 Å². The fraction of sp³-hybridized carbons (Fsp3) is 0.0667. The molecule has 0 aliphatic heterocycles. The lowest BCUT2D eigenvalue weighted by Gasteiger charge is -2.19. The largest absolute Gasteiger partial charge is 0.393 e. The molecule has 0 heterocycles. The summed E-state index contributed by atoms with van der Waals surface area (Å²) < 4.78 is 0. The Balaban J connectivity index is 2.46. The summed E-state index contributed by atoms with van der Waals surface area (Å²) in [5, 5.41) is 21.6. The summed E-state index contributed by atoms with van der Waals surface area (Å²) >= 11 is 0. The van der Waals surface area contributed by atoms with Gasteiger partial charge in [0.2, 0.25) is 5.91 Å². The minimum absolute atomic E-state index is 0.0141. The minimum atomic E-state index is -0.776. The van der Waals surface area contributed by atoms with Gasteiger partial charge < -0.3 is 5.73 Å². The molecule has 0 fully saturated rings. The molecule has 2 rings (SSSR count). The van der Waals surface area contributed by atoms with E-state index in [-0.39, 0.29) is 22.6 Å². The molecule has 0 aliphatic rings. The van der Waals surface area contributed by atoms with Crippen LogP contribution in [0.1, 0.15) is 17.3 Å². The quantitative estimate of drug-likeness (QED) is 0.507. The van der Waals surface area contributed by atoms with Gasteiger partial charge in [-0.3, -0.25) is 29.8 Å². The minimum Gasteiger partial charge on any atom is -0.393 e. The van der Waals surface area contributed by atoms with E-state index in [4.69, 9.17) is 5.73 Å². The highest BCUT2D eigenvalue weighted by atomic mass is 16.6. The maximum absolute atomic E-state index is 12.6. The molecule has 10 nitrogen and oxygen atoms in total. The number of nitro groups is 2. The molecule has 0 aliphatic carbocycles. The summed E-state index contributed by atoms with van der Waals surface area (Å²) in [6.45, 7) is 1.12. The standard InChI is InChI=1S/C15H12N4O6/c1-9(20)17(12-6-7-13(16)14(8-12)19(24)25)15(21)10-2-4-11(5-3-10)18(22)23/h2-8H,16H2,1H3. The Bertz CT molecular complexity index is 878. The maximum atomic E-state index is 12.6. The summed E-state index contributed by atoms with van der Waals surface area (Å²) in [6.07, 6.45) is 0. The Kier molecular flexibility index (Phi) is 4.73. The third-order valence-corrected chi connectivity index (χ3v) is 3.31. The molecule has 0 saturated heterocycles. The number of hydrogen-bond donors (Lipinski definition) is 1. The lowest BCUT2D eigenvalue weighted by atomic mass is 10.1. The van der Waals surface area contributed by atoms with Crippen molar-refractivity contribution in [3.05, 3.63) is 68.3 Å². The van der Waals surface area contributed by atoms with Crippen molar-refractivity contribution in [2.75, 3.05) is 10.6 Å². The molecule has 128 valence electrons. The highest BCUT2D eigenvalue weighted by Crippen LogP contribution is 2.28. The molecule has 0 saturated carbocycles. The molecule has 2 amide bonds. The SMILES string of the molecule is CC(=O)N(C(=O)c1ccc([N+](=O)[O-])cc1)c1ccc(N)c([N+](=O)[O-])c1. The number of nitrogens with zero attached hydrogens (tertiary/aromatic N) is 3. The predicted molar refractivity (Wildman–Crippen MR) is 88.1 cm³/mol. The molecular weight excluding hydrogens is 332 g/mol. The monoisotopic (exact) mass is 344 g/mol. The number of amides is 2. The van der Waals surface area contributed by atoms with Gasteiger partial charge in [0.25, 0.3) is 17.3 Å². The van der Waals surface area contributed by atoms with Gasteiger partial charge in [-0.2, -0.15) is 0 Å². The molecule has 0 radical (unpaired) electrons. The van der Waals surface area contributed by atoms with Crippen molar-refractivity contribution in [3.8, 4) is 0 Å². The van der Waals surface area contributed by atoms with Crippen LogP contribution in [-0.4, -0.2) is 21.7 Å². The number of imide groups is 1. The number of non-ortho nitro benzene ring substituents is 1. The summed E-state index contributed by atoms with van der Waals surface area (Å²) in [7, 11) is 0. The van der Waals surface area contributed by atoms with E-state index in [2.05, 4.69) is 0 Å². The summed E-state index contributed by atoms with van der Waals surface area (Å²) in [5.41, 5.74) is 4.72. The van der Waals surface area contributed by atoms with Crippen LogP contribution in [-0.2, 0) is 4.79 Å². The Morgan fingerprint density at radius 3 is 2.08 bits per heavy atom. The van der Waals surface area contributed by atoms with Crippen LogP contribution in [0, 0.1) is 20.2 Å². The van der Waals surface area contributed by atoms with Crippen molar-refractivity contribution in [1.82, 2.24) is 0 Å². The molecule has 25 heavy (non-hydrogen) atoms. The topological polar surface area (TPSA) is 150 Å². The van der Waals surface area contributed by atoms with Crippen molar-refractivity contribution in [3.63, 3.8) is 0 Å². The molecule has 0 aromatic heterocycles. The Hall–Kier alpha value is -3.82. The zero-order valence-corrected chi connectivity index (χ0v) is 12.9. The molecular formula is C15H12N4O6. The van der Waals surface area contributed by atoms with E-state index in [1.54, 1.807) is 0 Å². The molecule has 10 heteroatoms. The van der Waals surface area contributed by atoms with Gasteiger partial charge in [-0.25, -0.2) is 4.90 Å². The number of carbonyl (C=O) groups excluding carboxylic acids is 2. The zero-order valence-electron chi connectivity index (χ0n) is 12.9. The second kappa shape index (κ2) is 6.74. The summed E-state index contributed by atoms with van der Waals surface area (Å²) in [5.74, 6) is -1.45. The first-order valence-electron chi connectivity index (χ1n) is 6.85. The first kappa shape index (κ1) is 17.5. The van der Waals surface area contributed by atoms with E-state index < -0.39 is 27.3 Å². The fourth-order valence-corrected chi connectivity index (χ4v) is 2.13. The summed E-state index contributed by atoms with van der Waals surface area (Å²) in [6, 6.07) is 8.16. The third kappa shape index (κ3) is 3.58. The molecule has 0 atom stereocenters. The highest BCUT2D eigenvalue weighted by Gasteiger charge is 2.25. The lowest BCUT2D eigenvalue weighted by Crippen LogP contribution is -2.35. The number of nitrogens with two attached hydrogens (primary N) is 1. The van der Waals surface area contributed by atoms with Crippen molar-refractivity contribution < 1.29 is 19.4 Å². The second-order valence-corrected chi connectivity index (χ2v) is 4.96. The van der Waals surface area contributed by atoms with E-state index in [1.807, 2.05) is 0 Å². The number of nitro benzene ring substituents is 2. The van der Waals surface area contributed by atoms with Crippen LogP contribution in [0.15, 0.2) is 42.5 Å². The van der Waals surface area contributed by atoms with Crippen LogP contribution in [0.3, 0.4) is 0 Å². The van der Waals surface area contributed by atoms with Crippen molar-refractivity contribution in [2.45, 2.75) is 6.92 Å². The number of carbonyl (C=O) groups is 2. The van der Waals surface area contributed by atoms with Gasteiger partial charge in [0.1, 0.15) is 5.69 Å². The molecule has 2 aromatic carbocycles. The van der Waals surface area contributed by atoms with Crippen LogP contribution in [0.25, 0.3) is 0 Å². The van der Waals surface area contributed by atoms with Crippen LogP contribution in [0.2, 0.25) is 0 Å². The van der Waals surface area contributed by atoms with Gasteiger partial charge in [0.15, 0.2) is 0 Å². The molecule has 2 aromatic rings. The van der Waals surface area contributed by atoms with Gasteiger partial charge in [0.05, 0.1) is 15.5 Å². The van der Waals surface area contributed by atoms with Crippen LogP contribution >= 0.6 is 0 Å². The highest BCUT2D eigenvalue weighted by molar-refractivity contribution is 6.20. The van der Waals surface area contributed by atoms with E-state index in [0.29, 0.717) is 0 Å². The molecule has 2 N–H and O–H groups in total. The number of hydrogen-bond acceptors (Lipinski definition) is 7. The average molecular weight is 344 g/mol. The second-order valence-electron chi connectivity index (χ2n) is 4.96. The Morgan fingerprint density at radius 2 is 1.60 bits per heavy atom. The lowest BCUT2D eigenvalue weighted by molar-refractivity contribution is -0.384. The molecule has 0 bridgehead atoms. The normalized spacial score (nSPS) is 10.1. The first-order chi connectivity index (χ1) is 11.7. The van der Waals surface area contributed by atoms with Crippen molar-refractivity contribution in [2.24, 2.45) is 0 Å². The van der Waals surface area contributed by atoms with Gasteiger partial charge in [-0.1, -0.05) is 0 Å². The predicted octanol–water partition coefficient (Wildman–Crippen LogP) is 2.28. The van der Waals surface area contributed by atoms with Crippen molar-refractivity contribution in [1.29, 1.82) is 0 Å². The Labute approximate surface area is 140 Å². The van der Waals surface area contributed by atoms with Gasteiger partial charge in [0, 0.05) is 30.7 Å². The van der Waals surface area contributed by atoms with Crippen molar-refractivity contribution >= 4 is 34.6 Å². The molecule has 0 spiro atoms. The van der Waals surface area contributed by atoms with Crippen LogP contribution in [0.5, 0.6) is 0 Å². The van der Waals surface area contributed by atoms with E-state index in [9.17, 15) is 29.8 Å². The fourth-order valence-electron chi connectivity index (χ4n) is 2.13. The smallest absolute Gasteiger partial charge is 0.294 e. The Morgan fingerprint density at radius 1 is 1.00 bits per heavy atom. The summed E-state index contributed by atoms with van der Waals surface area (Å²) in [4.78, 5) is 45.5. The third-order valence-electron chi connectivity index (χ3n) is 3.31. The average Bonchev–Trinajstić information content (AvgIpc) is 2.56. The van der Waals surface area contributed by atoms with Gasteiger partial charge in [-0.05, 0) is 24.3 Å². The van der Waals surface area contributed by atoms with E-state index in [0.717, 1.165) is 30.0 Å². The first-order valence-corrected chi connectivity index (χ1v) is 6.85. The maximum Gasteiger partial charge on any atom is 0.294 e. The van der Waals surface area contributed by atoms with E-state index in [1.165, 1.54) is 24.3 Å². The number of anilines is 2. The van der Waals surface area contributed by atoms with Gasteiger partial charge >= 0.3 is 0 Å². The van der Waals surface area contributed by atoms with Gasteiger partial charge in [-0.15, -0.1) is 0 Å². The van der Waals surface area contributed by atoms with Crippen LogP contribution < -0.4 is 10.6 Å². The zero-order chi connectivity index (χ0) is 18.7. The van der Waals surface area contributed by atoms with E-state index >= 15 is 0 Å². The number of nitrogen functional groups attached to an aromatic ring is 1. The number of rotatable bonds is 4. The molecule has 0 unspecified atom stereocenters.